The van der Waals surface area contributed by atoms with Gasteiger partial charge in [0.25, 0.3) is 11.8 Å². The van der Waals surface area contributed by atoms with Crippen molar-refractivity contribution >= 4 is 29.7 Å². The SMILES string of the molecule is CC(C)(C)OC(=O)NCC(=O)N1CCN(C(=O)C(Cc2ccccc2)N2C(=O)c3ccccc3C2=O)CC1. The molecule has 2 aliphatic heterocycles. The number of amides is 5. The Hall–Kier alpha value is -4.21. The lowest BCUT2D eigenvalue weighted by molar-refractivity contribution is -0.141. The van der Waals surface area contributed by atoms with Crippen LogP contribution in [0, 0.1) is 0 Å². The molecule has 2 heterocycles. The van der Waals surface area contributed by atoms with Gasteiger partial charge in [-0.25, -0.2) is 4.79 Å². The first-order valence-electron chi connectivity index (χ1n) is 12.6. The van der Waals surface area contributed by atoms with Gasteiger partial charge in [0.15, 0.2) is 0 Å². The minimum absolute atomic E-state index is 0.185. The number of piperazine rings is 1. The molecule has 10 heteroatoms. The summed E-state index contributed by atoms with van der Waals surface area (Å²) in [6.45, 7) is 6.00. The third kappa shape index (κ3) is 6.01. The summed E-state index contributed by atoms with van der Waals surface area (Å²) in [6.07, 6.45) is -0.492. The number of carbonyl (C=O) groups excluding carboxylic acids is 5. The minimum Gasteiger partial charge on any atom is -0.444 e. The van der Waals surface area contributed by atoms with E-state index < -0.39 is 29.6 Å². The smallest absolute Gasteiger partial charge is 0.408 e. The van der Waals surface area contributed by atoms with E-state index in [9.17, 15) is 24.0 Å². The van der Waals surface area contributed by atoms with Gasteiger partial charge in [-0.15, -0.1) is 0 Å². The second kappa shape index (κ2) is 11.0. The lowest BCUT2D eigenvalue weighted by atomic mass is 10.0. The van der Waals surface area contributed by atoms with Gasteiger partial charge in [0, 0.05) is 32.6 Å². The highest BCUT2D eigenvalue weighted by Gasteiger charge is 2.44. The molecule has 0 bridgehead atoms. The zero-order valence-electron chi connectivity index (χ0n) is 21.8. The van der Waals surface area contributed by atoms with Crippen LogP contribution in [0.2, 0.25) is 0 Å². The van der Waals surface area contributed by atoms with Gasteiger partial charge in [0.1, 0.15) is 18.2 Å². The Kier molecular flexibility index (Phi) is 7.80. The molecule has 2 aliphatic rings. The number of benzene rings is 2. The molecule has 2 aromatic carbocycles. The minimum atomic E-state index is -1.01. The van der Waals surface area contributed by atoms with E-state index >= 15 is 0 Å². The first-order chi connectivity index (χ1) is 18.0. The first-order valence-corrected chi connectivity index (χ1v) is 12.6. The second-order valence-electron chi connectivity index (χ2n) is 10.3. The molecular weight excluding hydrogens is 488 g/mol. The van der Waals surface area contributed by atoms with Gasteiger partial charge < -0.3 is 19.9 Å². The Morgan fingerprint density at radius 1 is 0.842 bits per heavy atom. The van der Waals surface area contributed by atoms with Gasteiger partial charge in [-0.05, 0) is 38.5 Å². The van der Waals surface area contributed by atoms with Crippen LogP contribution >= 0.6 is 0 Å². The maximum Gasteiger partial charge on any atom is 0.408 e. The average molecular weight is 521 g/mol. The maximum absolute atomic E-state index is 13.8. The van der Waals surface area contributed by atoms with Crippen molar-refractivity contribution in [3.05, 3.63) is 71.3 Å². The van der Waals surface area contributed by atoms with Crippen molar-refractivity contribution in [2.75, 3.05) is 32.7 Å². The Balaban J connectivity index is 1.43. The summed E-state index contributed by atoms with van der Waals surface area (Å²) >= 11 is 0. The fourth-order valence-electron chi connectivity index (χ4n) is 4.58. The molecule has 4 rings (SSSR count). The van der Waals surface area contributed by atoms with Crippen molar-refractivity contribution in [2.45, 2.75) is 38.8 Å². The first kappa shape index (κ1) is 26.8. The van der Waals surface area contributed by atoms with Gasteiger partial charge in [0.05, 0.1) is 11.1 Å². The molecule has 0 aliphatic carbocycles. The Morgan fingerprint density at radius 3 is 1.92 bits per heavy atom. The zero-order chi connectivity index (χ0) is 27.4. The zero-order valence-corrected chi connectivity index (χ0v) is 21.8. The van der Waals surface area contributed by atoms with Crippen LogP contribution in [0.1, 0.15) is 47.1 Å². The monoisotopic (exact) mass is 520 g/mol. The van der Waals surface area contributed by atoms with Gasteiger partial charge in [-0.1, -0.05) is 42.5 Å². The van der Waals surface area contributed by atoms with Crippen LogP contribution in [0.4, 0.5) is 4.79 Å². The molecular formula is C28H32N4O6. The molecule has 2 aromatic rings. The van der Waals surface area contributed by atoms with Crippen molar-refractivity contribution in [1.82, 2.24) is 20.0 Å². The summed E-state index contributed by atoms with van der Waals surface area (Å²) in [4.78, 5) is 68.9. The Bertz CT molecular complexity index is 1200. The summed E-state index contributed by atoms with van der Waals surface area (Å²) in [5, 5.41) is 2.46. The number of rotatable bonds is 6. The fourth-order valence-corrected chi connectivity index (χ4v) is 4.58. The number of hydrogen-bond donors (Lipinski definition) is 1. The number of hydrogen-bond acceptors (Lipinski definition) is 6. The van der Waals surface area contributed by atoms with Crippen LogP contribution < -0.4 is 5.32 Å². The Labute approximate surface area is 221 Å². The van der Waals surface area contributed by atoms with Crippen LogP contribution in [-0.2, 0) is 20.7 Å². The van der Waals surface area contributed by atoms with Crippen molar-refractivity contribution < 1.29 is 28.7 Å². The summed E-state index contributed by atoms with van der Waals surface area (Å²) in [5.41, 5.74) is 0.728. The summed E-state index contributed by atoms with van der Waals surface area (Å²) < 4.78 is 5.16. The van der Waals surface area contributed by atoms with E-state index in [-0.39, 0.29) is 62.1 Å². The van der Waals surface area contributed by atoms with Crippen LogP contribution in [-0.4, -0.2) is 88.8 Å². The maximum atomic E-state index is 13.8. The molecule has 10 nitrogen and oxygen atoms in total. The molecule has 0 saturated carbocycles. The fraction of sp³-hybridized carbons (Fsp3) is 0.393. The quantitative estimate of drug-likeness (QED) is 0.583. The topological polar surface area (TPSA) is 116 Å². The molecule has 0 aromatic heterocycles. The molecule has 0 radical (unpaired) electrons. The predicted molar refractivity (Wildman–Crippen MR) is 138 cm³/mol. The van der Waals surface area contributed by atoms with Gasteiger partial charge in [0.2, 0.25) is 11.8 Å². The molecule has 1 saturated heterocycles. The highest BCUT2D eigenvalue weighted by atomic mass is 16.6. The van der Waals surface area contributed by atoms with Crippen molar-refractivity contribution in [3.63, 3.8) is 0 Å². The lowest BCUT2D eigenvalue weighted by Crippen LogP contribution is -2.58. The van der Waals surface area contributed by atoms with E-state index in [2.05, 4.69) is 5.32 Å². The van der Waals surface area contributed by atoms with E-state index in [1.807, 2.05) is 30.3 Å². The number of nitrogens with one attached hydrogen (secondary N) is 1. The van der Waals surface area contributed by atoms with Crippen molar-refractivity contribution in [3.8, 4) is 0 Å². The second-order valence-corrected chi connectivity index (χ2v) is 10.3. The molecule has 0 spiro atoms. The average Bonchev–Trinajstić information content (AvgIpc) is 3.15. The molecule has 1 unspecified atom stereocenters. The third-order valence-corrected chi connectivity index (χ3v) is 6.42. The summed E-state index contributed by atoms with van der Waals surface area (Å²) in [5.74, 6) is -1.60. The third-order valence-electron chi connectivity index (χ3n) is 6.42. The number of ether oxygens (including phenoxy) is 1. The highest BCUT2D eigenvalue weighted by molar-refractivity contribution is 6.22. The predicted octanol–water partition coefficient (Wildman–Crippen LogP) is 2.09. The molecule has 1 fully saturated rings. The lowest BCUT2D eigenvalue weighted by Gasteiger charge is -2.38. The van der Waals surface area contributed by atoms with Crippen molar-refractivity contribution in [1.29, 1.82) is 0 Å². The summed E-state index contributed by atoms with van der Waals surface area (Å²) in [6, 6.07) is 14.8. The molecule has 200 valence electrons. The number of carbonyl (C=O) groups is 5. The number of nitrogens with zero attached hydrogens (tertiary/aromatic N) is 3. The largest absolute Gasteiger partial charge is 0.444 e. The van der Waals surface area contributed by atoms with Crippen LogP contribution in [0.25, 0.3) is 0 Å². The van der Waals surface area contributed by atoms with Crippen LogP contribution in [0.5, 0.6) is 0 Å². The van der Waals surface area contributed by atoms with Crippen molar-refractivity contribution in [2.24, 2.45) is 0 Å². The highest BCUT2D eigenvalue weighted by Crippen LogP contribution is 2.27. The summed E-state index contributed by atoms with van der Waals surface area (Å²) in [7, 11) is 0. The van der Waals surface area contributed by atoms with E-state index in [1.165, 1.54) is 0 Å². The van der Waals surface area contributed by atoms with Crippen LogP contribution in [0.15, 0.2) is 54.6 Å². The van der Waals surface area contributed by atoms with E-state index in [1.54, 1.807) is 54.8 Å². The molecule has 5 amide bonds. The number of fused-ring (bicyclic) bond motifs is 1. The standard InChI is InChI=1S/C28H32N4O6/c1-28(2,3)38-27(37)29-18-23(33)30-13-15-31(16-14-30)26(36)22(17-19-9-5-4-6-10-19)32-24(34)20-11-7-8-12-21(20)25(32)35/h4-12,22H,13-18H2,1-3H3,(H,29,37). The molecule has 1 atom stereocenters. The van der Waals surface area contributed by atoms with Crippen LogP contribution in [0.3, 0.4) is 0 Å². The molecule has 1 N–H and O–H groups in total. The van der Waals surface area contributed by atoms with E-state index in [0.717, 1.165) is 10.5 Å². The molecule has 38 heavy (non-hydrogen) atoms. The van der Waals surface area contributed by atoms with Gasteiger partial charge in [-0.2, -0.15) is 0 Å². The number of imide groups is 1. The number of alkyl carbamates (subject to hydrolysis) is 1. The van der Waals surface area contributed by atoms with Gasteiger partial charge >= 0.3 is 6.09 Å². The Morgan fingerprint density at radius 2 is 1.37 bits per heavy atom. The van der Waals surface area contributed by atoms with Gasteiger partial charge in [-0.3, -0.25) is 24.1 Å². The van der Waals surface area contributed by atoms with E-state index in [4.69, 9.17) is 4.74 Å². The normalized spacial score (nSPS) is 16.2. The van der Waals surface area contributed by atoms with E-state index in [0.29, 0.717) is 0 Å².